The Morgan fingerprint density at radius 3 is 2.09 bits per heavy atom. The minimum atomic E-state index is -0.810. The topological polar surface area (TPSA) is 76.4 Å². The first-order valence-electron chi connectivity index (χ1n) is 6.99. The maximum absolute atomic E-state index is 12.0. The highest BCUT2D eigenvalue weighted by molar-refractivity contribution is 5.94. The van der Waals surface area contributed by atoms with E-state index in [1.807, 2.05) is 6.07 Å². The van der Waals surface area contributed by atoms with Gasteiger partial charge in [-0.25, -0.2) is 4.79 Å². The second-order valence-corrected chi connectivity index (χ2v) is 4.90. The first kappa shape index (κ1) is 16.2. The molecule has 23 heavy (non-hydrogen) atoms. The van der Waals surface area contributed by atoms with E-state index in [9.17, 15) is 9.59 Å². The van der Waals surface area contributed by atoms with Crippen LogP contribution in [0.1, 0.15) is 29.8 Å². The molecule has 0 radical (unpaired) electrons. The van der Waals surface area contributed by atoms with Crippen LogP contribution in [0, 0.1) is 11.3 Å². The number of carbonyl (C=O) groups excluding carboxylic acids is 2. The van der Waals surface area contributed by atoms with Crippen molar-refractivity contribution in [1.29, 1.82) is 5.26 Å². The minimum Gasteiger partial charge on any atom is -0.479 e. The summed E-state index contributed by atoms with van der Waals surface area (Å²) < 4.78 is 10.7. The van der Waals surface area contributed by atoms with Crippen LogP contribution in [0.5, 0.6) is 11.5 Å². The van der Waals surface area contributed by atoms with Crippen LogP contribution in [0.25, 0.3) is 0 Å². The van der Waals surface area contributed by atoms with Crippen LogP contribution in [0.2, 0.25) is 0 Å². The van der Waals surface area contributed by atoms with Crippen molar-refractivity contribution >= 4 is 11.8 Å². The lowest BCUT2D eigenvalue weighted by molar-refractivity contribution is -0.141. The molecule has 1 atom stereocenters. The maximum atomic E-state index is 12.0. The zero-order valence-corrected chi connectivity index (χ0v) is 12.8. The van der Waals surface area contributed by atoms with Crippen molar-refractivity contribution in [2.75, 3.05) is 0 Å². The molecule has 0 saturated carbocycles. The van der Waals surface area contributed by atoms with Gasteiger partial charge in [0.1, 0.15) is 11.5 Å². The number of esters is 1. The highest BCUT2D eigenvalue weighted by atomic mass is 16.6. The van der Waals surface area contributed by atoms with Crippen molar-refractivity contribution in [2.24, 2.45) is 0 Å². The SMILES string of the molecule is CC(=O)c1ccc(OC(=O)C(C)Oc2ccc(C#N)cc2)cc1. The number of nitriles is 1. The molecule has 0 spiro atoms. The van der Waals surface area contributed by atoms with Gasteiger partial charge >= 0.3 is 5.97 Å². The van der Waals surface area contributed by atoms with Crippen molar-refractivity contribution in [3.8, 4) is 17.6 Å². The molecule has 0 aromatic heterocycles. The van der Waals surface area contributed by atoms with E-state index >= 15 is 0 Å². The minimum absolute atomic E-state index is 0.0552. The lowest BCUT2D eigenvalue weighted by Gasteiger charge is -2.14. The lowest BCUT2D eigenvalue weighted by Crippen LogP contribution is -2.28. The van der Waals surface area contributed by atoms with E-state index in [1.54, 1.807) is 55.5 Å². The Balaban J connectivity index is 1.96. The average molecular weight is 309 g/mol. The van der Waals surface area contributed by atoms with Crippen molar-refractivity contribution in [1.82, 2.24) is 0 Å². The Hall–Kier alpha value is -3.13. The van der Waals surface area contributed by atoms with Crippen molar-refractivity contribution < 1.29 is 19.1 Å². The summed E-state index contributed by atoms with van der Waals surface area (Å²) >= 11 is 0. The number of nitrogens with zero attached hydrogens (tertiary/aromatic N) is 1. The van der Waals surface area contributed by atoms with Gasteiger partial charge in [0, 0.05) is 5.56 Å². The van der Waals surface area contributed by atoms with Crippen LogP contribution in [0.3, 0.4) is 0 Å². The van der Waals surface area contributed by atoms with Gasteiger partial charge in [-0.15, -0.1) is 0 Å². The molecule has 2 aromatic carbocycles. The fraction of sp³-hybridized carbons (Fsp3) is 0.167. The predicted octanol–water partition coefficient (Wildman–Crippen LogP) is 3.13. The molecule has 1 unspecified atom stereocenters. The second kappa shape index (κ2) is 7.23. The fourth-order valence-electron chi connectivity index (χ4n) is 1.82. The van der Waals surface area contributed by atoms with E-state index in [-0.39, 0.29) is 5.78 Å². The summed E-state index contributed by atoms with van der Waals surface area (Å²) in [6.07, 6.45) is -0.810. The maximum Gasteiger partial charge on any atom is 0.352 e. The van der Waals surface area contributed by atoms with E-state index in [0.29, 0.717) is 22.6 Å². The fourth-order valence-corrected chi connectivity index (χ4v) is 1.82. The number of hydrogen-bond acceptors (Lipinski definition) is 5. The molecule has 0 aliphatic carbocycles. The van der Waals surface area contributed by atoms with Gasteiger partial charge in [0.2, 0.25) is 0 Å². The first-order valence-corrected chi connectivity index (χ1v) is 6.99. The van der Waals surface area contributed by atoms with Gasteiger partial charge in [0.05, 0.1) is 11.6 Å². The zero-order chi connectivity index (χ0) is 16.8. The number of Topliss-reactive ketones (excluding diaryl/α,β-unsaturated/α-hetero) is 1. The normalized spacial score (nSPS) is 11.2. The predicted molar refractivity (Wildman–Crippen MR) is 83.3 cm³/mol. The molecule has 0 aliphatic heterocycles. The van der Waals surface area contributed by atoms with Crippen LogP contribution in [-0.4, -0.2) is 17.9 Å². The van der Waals surface area contributed by atoms with E-state index < -0.39 is 12.1 Å². The summed E-state index contributed by atoms with van der Waals surface area (Å²) in [5.74, 6) is 0.209. The highest BCUT2D eigenvalue weighted by Crippen LogP contribution is 2.16. The van der Waals surface area contributed by atoms with Crippen LogP contribution >= 0.6 is 0 Å². The number of carbonyl (C=O) groups is 2. The van der Waals surface area contributed by atoms with Crippen LogP contribution in [-0.2, 0) is 4.79 Å². The Bertz CT molecular complexity index is 742. The van der Waals surface area contributed by atoms with Crippen LogP contribution in [0.15, 0.2) is 48.5 Å². The molecular weight excluding hydrogens is 294 g/mol. The van der Waals surface area contributed by atoms with Gasteiger partial charge in [0.15, 0.2) is 11.9 Å². The zero-order valence-electron chi connectivity index (χ0n) is 12.8. The van der Waals surface area contributed by atoms with Crippen molar-refractivity contribution in [2.45, 2.75) is 20.0 Å². The Kier molecular flexibility index (Phi) is 5.11. The average Bonchev–Trinajstić information content (AvgIpc) is 2.56. The van der Waals surface area contributed by atoms with Gasteiger partial charge < -0.3 is 9.47 Å². The monoisotopic (exact) mass is 309 g/mol. The van der Waals surface area contributed by atoms with Gasteiger partial charge in [-0.3, -0.25) is 4.79 Å². The molecule has 0 saturated heterocycles. The van der Waals surface area contributed by atoms with Gasteiger partial charge in [-0.05, 0) is 62.4 Å². The summed E-state index contributed by atoms with van der Waals surface area (Å²) in [5.41, 5.74) is 1.06. The molecule has 0 heterocycles. The van der Waals surface area contributed by atoms with Gasteiger partial charge in [-0.2, -0.15) is 5.26 Å². The third kappa shape index (κ3) is 4.42. The molecule has 2 rings (SSSR count). The van der Waals surface area contributed by atoms with Crippen molar-refractivity contribution in [3.05, 3.63) is 59.7 Å². The third-order valence-electron chi connectivity index (χ3n) is 3.11. The highest BCUT2D eigenvalue weighted by Gasteiger charge is 2.17. The molecule has 2 aromatic rings. The molecular formula is C18H15NO4. The Labute approximate surface area is 134 Å². The van der Waals surface area contributed by atoms with Crippen molar-refractivity contribution in [3.63, 3.8) is 0 Å². The number of benzene rings is 2. The quantitative estimate of drug-likeness (QED) is 0.482. The number of ether oxygens (including phenoxy) is 2. The summed E-state index contributed by atoms with van der Waals surface area (Å²) in [6, 6.07) is 14.8. The summed E-state index contributed by atoms with van der Waals surface area (Å²) in [7, 11) is 0. The first-order chi connectivity index (χ1) is 11.0. The van der Waals surface area contributed by atoms with E-state index in [4.69, 9.17) is 14.7 Å². The molecule has 5 heteroatoms. The largest absolute Gasteiger partial charge is 0.479 e. The summed E-state index contributed by atoms with van der Waals surface area (Å²) in [5, 5.41) is 8.73. The smallest absolute Gasteiger partial charge is 0.352 e. The molecule has 116 valence electrons. The molecule has 5 nitrogen and oxygen atoms in total. The summed E-state index contributed by atoms with van der Waals surface area (Å²) in [4.78, 5) is 23.2. The molecule has 0 fully saturated rings. The van der Waals surface area contributed by atoms with Gasteiger partial charge in [-0.1, -0.05) is 0 Å². The standard InChI is InChI=1S/C18H15NO4/c1-12(20)15-5-9-17(10-6-15)23-18(21)13(2)22-16-7-3-14(11-19)4-8-16/h3-10,13H,1-2H3. The van der Waals surface area contributed by atoms with Crippen LogP contribution in [0.4, 0.5) is 0 Å². The number of hydrogen-bond donors (Lipinski definition) is 0. The Morgan fingerprint density at radius 1 is 1.00 bits per heavy atom. The second-order valence-electron chi connectivity index (χ2n) is 4.90. The molecule has 0 aliphatic rings. The van der Waals surface area contributed by atoms with Gasteiger partial charge in [0.25, 0.3) is 0 Å². The van der Waals surface area contributed by atoms with E-state index in [2.05, 4.69) is 0 Å². The molecule has 0 amide bonds. The number of rotatable bonds is 5. The van der Waals surface area contributed by atoms with E-state index in [1.165, 1.54) is 6.92 Å². The lowest BCUT2D eigenvalue weighted by atomic mass is 10.1. The Morgan fingerprint density at radius 2 is 1.57 bits per heavy atom. The third-order valence-corrected chi connectivity index (χ3v) is 3.11. The summed E-state index contributed by atoms with van der Waals surface area (Å²) in [6.45, 7) is 3.04. The van der Waals surface area contributed by atoms with E-state index in [0.717, 1.165) is 0 Å². The molecule has 0 N–H and O–H groups in total. The number of ketones is 1. The molecule has 0 bridgehead atoms. The van der Waals surface area contributed by atoms with Crippen LogP contribution < -0.4 is 9.47 Å².